The van der Waals surface area contributed by atoms with Gasteiger partial charge in [0.05, 0.1) is 11.5 Å². The van der Waals surface area contributed by atoms with Crippen LogP contribution in [0.3, 0.4) is 0 Å². The number of methoxy groups -OCH3 is 1. The fraction of sp³-hybridized carbons (Fsp3) is 0.588. The summed E-state index contributed by atoms with van der Waals surface area (Å²) in [4.78, 5) is 14.0. The highest BCUT2D eigenvalue weighted by molar-refractivity contribution is 7.89. The van der Waals surface area contributed by atoms with Gasteiger partial charge in [-0.25, -0.2) is 8.42 Å². The molecule has 1 aromatic carbocycles. The molecule has 0 N–H and O–H groups in total. The predicted octanol–water partition coefficient (Wildman–Crippen LogP) is 1.62. The van der Waals surface area contributed by atoms with E-state index in [1.54, 1.807) is 25.3 Å². The fourth-order valence-corrected chi connectivity index (χ4v) is 4.82. The lowest BCUT2D eigenvalue weighted by atomic mass is 10.1. The van der Waals surface area contributed by atoms with Crippen LogP contribution in [0.5, 0.6) is 0 Å². The molecule has 7 heteroatoms. The summed E-state index contributed by atoms with van der Waals surface area (Å²) in [6, 6.07) is 6.48. The number of hydrogen-bond donors (Lipinski definition) is 0. The lowest BCUT2D eigenvalue weighted by molar-refractivity contribution is 0.0496. The monoisotopic (exact) mass is 354 g/mol. The number of hydrogen-bond acceptors (Lipinski definition) is 5. The van der Waals surface area contributed by atoms with Gasteiger partial charge in [-0.05, 0) is 32.9 Å². The van der Waals surface area contributed by atoms with Gasteiger partial charge in [0.1, 0.15) is 0 Å². The van der Waals surface area contributed by atoms with Crippen LogP contribution in [0.1, 0.15) is 31.1 Å². The largest absolute Gasteiger partial charge is 0.383 e. The van der Waals surface area contributed by atoms with Gasteiger partial charge in [0.2, 0.25) is 10.0 Å². The second-order valence-corrected chi connectivity index (χ2v) is 8.27. The van der Waals surface area contributed by atoms with Gasteiger partial charge < -0.3 is 4.74 Å². The molecule has 1 saturated heterocycles. The van der Waals surface area contributed by atoms with Crippen molar-refractivity contribution in [1.29, 1.82) is 0 Å². The number of carbonyl (C=O) groups excluding carboxylic acids is 1. The van der Waals surface area contributed by atoms with Gasteiger partial charge in [0, 0.05) is 44.4 Å². The van der Waals surface area contributed by atoms with Crippen molar-refractivity contribution in [1.82, 2.24) is 9.21 Å². The summed E-state index contributed by atoms with van der Waals surface area (Å²) in [5.74, 6) is -0.141. The number of rotatable bonds is 6. The summed E-state index contributed by atoms with van der Waals surface area (Å²) in [5, 5.41) is 0. The van der Waals surface area contributed by atoms with E-state index in [1.807, 2.05) is 13.8 Å². The third-order valence-electron chi connectivity index (χ3n) is 4.50. The zero-order valence-electron chi connectivity index (χ0n) is 14.7. The lowest BCUT2D eigenvalue weighted by Gasteiger charge is -2.43. The molecule has 0 amide bonds. The van der Waals surface area contributed by atoms with Crippen LogP contribution in [0.15, 0.2) is 29.2 Å². The fourth-order valence-electron chi connectivity index (χ4n) is 3.17. The molecule has 2 rings (SSSR count). The van der Waals surface area contributed by atoms with Crippen LogP contribution in [0.2, 0.25) is 0 Å². The molecule has 134 valence electrons. The van der Waals surface area contributed by atoms with Gasteiger partial charge in [-0.15, -0.1) is 0 Å². The minimum Gasteiger partial charge on any atom is -0.383 e. The summed E-state index contributed by atoms with van der Waals surface area (Å²) >= 11 is 0. The van der Waals surface area contributed by atoms with E-state index in [-0.39, 0.29) is 22.8 Å². The van der Waals surface area contributed by atoms with Crippen molar-refractivity contribution in [2.45, 2.75) is 37.8 Å². The first-order valence-electron chi connectivity index (χ1n) is 8.13. The van der Waals surface area contributed by atoms with E-state index in [1.165, 1.54) is 17.3 Å². The molecule has 1 aromatic rings. The molecule has 24 heavy (non-hydrogen) atoms. The maximum absolute atomic E-state index is 12.9. The Morgan fingerprint density at radius 3 is 2.42 bits per heavy atom. The van der Waals surface area contributed by atoms with Crippen LogP contribution in [-0.2, 0) is 14.8 Å². The number of ketones is 1. The van der Waals surface area contributed by atoms with Crippen molar-refractivity contribution in [3.05, 3.63) is 29.8 Å². The van der Waals surface area contributed by atoms with Crippen molar-refractivity contribution < 1.29 is 17.9 Å². The molecule has 0 radical (unpaired) electrons. The number of sulfonamides is 1. The minimum absolute atomic E-state index is 0.106. The van der Waals surface area contributed by atoms with Gasteiger partial charge in [-0.2, -0.15) is 4.31 Å². The highest BCUT2D eigenvalue weighted by Gasteiger charge is 2.35. The summed E-state index contributed by atoms with van der Waals surface area (Å²) in [6.07, 6.45) is 0. The standard InChI is InChI=1S/C17H26N2O4S/c1-13-11-18(12-14(2)19(13)8-9-23-4)24(21,22)17-7-5-6-16(10-17)15(3)20/h5-7,10,13-14H,8-9,11-12H2,1-4H3. The maximum atomic E-state index is 12.9. The molecular formula is C17H26N2O4S. The second-order valence-electron chi connectivity index (χ2n) is 6.33. The van der Waals surface area contributed by atoms with E-state index < -0.39 is 10.0 Å². The Morgan fingerprint density at radius 2 is 1.88 bits per heavy atom. The van der Waals surface area contributed by atoms with E-state index in [9.17, 15) is 13.2 Å². The van der Waals surface area contributed by atoms with Crippen LogP contribution in [-0.4, -0.2) is 68.8 Å². The van der Waals surface area contributed by atoms with Gasteiger partial charge in [0.15, 0.2) is 5.78 Å². The number of Topliss-reactive ketones (excluding diaryl/α,β-unsaturated/α-hetero) is 1. The highest BCUT2D eigenvalue weighted by atomic mass is 32.2. The number of ether oxygens (including phenoxy) is 1. The first kappa shape index (κ1) is 19.1. The van der Waals surface area contributed by atoms with E-state index in [2.05, 4.69) is 4.90 Å². The van der Waals surface area contributed by atoms with E-state index in [4.69, 9.17) is 4.74 Å². The number of benzene rings is 1. The van der Waals surface area contributed by atoms with Crippen molar-refractivity contribution in [3.8, 4) is 0 Å². The molecule has 1 heterocycles. The summed E-state index contributed by atoms with van der Waals surface area (Å²) in [5.41, 5.74) is 0.413. The molecule has 1 aliphatic rings. The Morgan fingerprint density at radius 1 is 1.25 bits per heavy atom. The van der Waals surface area contributed by atoms with Crippen LogP contribution in [0.4, 0.5) is 0 Å². The SMILES string of the molecule is COCCN1C(C)CN(S(=O)(=O)c2cccc(C(C)=O)c2)CC1C. The quantitative estimate of drug-likeness (QED) is 0.726. The molecule has 1 fully saturated rings. The molecule has 0 aromatic heterocycles. The zero-order chi connectivity index (χ0) is 17.9. The summed E-state index contributed by atoms with van der Waals surface area (Å²) in [7, 11) is -1.94. The Bertz CT molecular complexity index is 678. The number of piperazine rings is 1. The highest BCUT2D eigenvalue weighted by Crippen LogP contribution is 2.23. The average molecular weight is 354 g/mol. The van der Waals surface area contributed by atoms with Gasteiger partial charge in [0.25, 0.3) is 0 Å². The Kier molecular flexibility index (Phi) is 6.14. The molecule has 2 unspecified atom stereocenters. The zero-order valence-corrected chi connectivity index (χ0v) is 15.5. The van der Waals surface area contributed by atoms with Crippen molar-refractivity contribution in [2.75, 3.05) is 33.4 Å². The van der Waals surface area contributed by atoms with Gasteiger partial charge in [-0.3, -0.25) is 9.69 Å². The predicted molar refractivity (Wildman–Crippen MR) is 92.7 cm³/mol. The molecule has 2 atom stereocenters. The first-order valence-corrected chi connectivity index (χ1v) is 9.57. The van der Waals surface area contributed by atoms with Crippen LogP contribution >= 0.6 is 0 Å². The molecule has 1 aliphatic heterocycles. The minimum atomic E-state index is -3.60. The number of nitrogens with zero attached hydrogens (tertiary/aromatic N) is 2. The van der Waals surface area contributed by atoms with Gasteiger partial charge in [-0.1, -0.05) is 12.1 Å². The Labute approximate surface area is 144 Å². The van der Waals surface area contributed by atoms with Crippen LogP contribution in [0.25, 0.3) is 0 Å². The number of carbonyl (C=O) groups is 1. The van der Waals surface area contributed by atoms with E-state index in [0.29, 0.717) is 25.3 Å². The van der Waals surface area contributed by atoms with E-state index in [0.717, 1.165) is 6.54 Å². The summed E-state index contributed by atoms with van der Waals surface area (Å²) < 4.78 is 32.5. The van der Waals surface area contributed by atoms with Gasteiger partial charge >= 0.3 is 0 Å². The topological polar surface area (TPSA) is 66.9 Å². The lowest BCUT2D eigenvalue weighted by Crippen LogP contribution is -2.58. The van der Waals surface area contributed by atoms with Crippen molar-refractivity contribution >= 4 is 15.8 Å². The van der Waals surface area contributed by atoms with Crippen molar-refractivity contribution in [2.24, 2.45) is 0 Å². The summed E-state index contributed by atoms with van der Waals surface area (Å²) in [6.45, 7) is 7.76. The molecule has 0 saturated carbocycles. The third-order valence-corrected chi connectivity index (χ3v) is 6.33. The van der Waals surface area contributed by atoms with Crippen molar-refractivity contribution in [3.63, 3.8) is 0 Å². The van der Waals surface area contributed by atoms with Crippen LogP contribution in [0, 0.1) is 0 Å². The normalized spacial score (nSPS) is 23.3. The van der Waals surface area contributed by atoms with E-state index >= 15 is 0 Å². The molecular weight excluding hydrogens is 328 g/mol. The Balaban J connectivity index is 2.22. The molecule has 0 bridgehead atoms. The third kappa shape index (κ3) is 4.03. The first-order chi connectivity index (χ1) is 11.3. The molecule has 6 nitrogen and oxygen atoms in total. The van der Waals surface area contributed by atoms with Crippen LogP contribution < -0.4 is 0 Å². The average Bonchev–Trinajstić information content (AvgIpc) is 2.54. The molecule has 0 spiro atoms. The smallest absolute Gasteiger partial charge is 0.243 e. The molecule has 0 aliphatic carbocycles. The second kappa shape index (κ2) is 7.74. The maximum Gasteiger partial charge on any atom is 0.243 e. The Hall–Kier alpha value is -1.28.